The molecule has 4 fully saturated rings. The first-order chi connectivity index (χ1) is 8.90. The number of esters is 1. The van der Waals surface area contributed by atoms with Crippen LogP contribution >= 0.6 is 0 Å². The molecule has 0 N–H and O–H groups in total. The Hall–Kier alpha value is -1.16. The number of hydrogen-bond acceptors (Lipinski definition) is 4. The van der Waals surface area contributed by atoms with Crippen molar-refractivity contribution < 1.29 is 19.1 Å². The summed E-state index contributed by atoms with van der Waals surface area (Å²) in [5, 5.41) is 0. The smallest absolute Gasteiger partial charge is 0.334 e. The fourth-order valence-corrected chi connectivity index (χ4v) is 4.84. The number of ether oxygens (including phenoxy) is 2. The number of fused-ring (bicyclic) bond motifs is 1. The molecule has 2 heterocycles. The first-order valence-corrected chi connectivity index (χ1v) is 7.01. The number of hydrogen-bond donors (Lipinski definition) is 0. The lowest BCUT2D eigenvalue weighted by atomic mass is 9.69. The molecule has 0 aromatic heterocycles. The van der Waals surface area contributed by atoms with Gasteiger partial charge in [-0.05, 0) is 25.7 Å². The lowest BCUT2D eigenvalue weighted by Crippen LogP contribution is -2.42. The van der Waals surface area contributed by atoms with Gasteiger partial charge in [0.05, 0.1) is 11.5 Å². The third-order valence-corrected chi connectivity index (χ3v) is 5.97. The van der Waals surface area contributed by atoms with E-state index in [4.69, 9.17) is 9.47 Å². The van der Waals surface area contributed by atoms with Gasteiger partial charge in [-0.25, -0.2) is 4.79 Å². The number of Topliss-reactive ketones (excluding diaryl/α,β-unsaturated/α-hetero) is 1. The van der Waals surface area contributed by atoms with Crippen LogP contribution in [-0.4, -0.2) is 29.6 Å². The number of rotatable bonds is 0. The average molecular weight is 262 g/mol. The standard InChI is InChI=1S/C15H18O4/c1-7-4-10-9(8(2)13(17)18-10)6-14(3)11(16)5-12-15(7,14)19-12/h7,9-10,12H,2,4-6H2,1,3H3. The summed E-state index contributed by atoms with van der Waals surface area (Å²) in [6, 6.07) is 0. The average Bonchev–Trinajstić information content (AvgIpc) is 2.98. The van der Waals surface area contributed by atoms with Crippen LogP contribution in [0.4, 0.5) is 0 Å². The number of ketones is 1. The van der Waals surface area contributed by atoms with E-state index in [-0.39, 0.29) is 41.4 Å². The minimum Gasteiger partial charge on any atom is -0.458 e. The molecule has 19 heavy (non-hydrogen) atoms. The van der Waals surface area contributed by atoms with Crippen LogP contribution in [0.5, 0.6) is 0 Å². The Labute approximate surface area is 112 Å². The van der Waals surface area contributed by atoms with Gasteiger partial charge in [0.1, 0.15) is 17.5 Å². The van der Waals surface area contributed by atoms with Crippen molar-refractivity contribution in [2.45, 2.75) is 50.9 Å². The first-order valence-electron chi connectivity index (χ1n) is 7.01. The van der Waals surface area contributed by atoms with E-state index >= 15 is 0 Å². The van der Waals surface area contributed by atoms with Crippen molar-refractivity contribution in [3.05, 3.63) is 12.2 Å². The summed E-state index contributed by atoms with van der Waals surface area (Å²) >= 11 is 0. The van der Waals surface area contributed by atoms with Gasteiger partial charge in [0.25, 0.3) is 0 Å². The highest BCUT2D eigenvalue weighted by atomic mass is 16.6. The van der Waals surface area contributed by atoms with Gasteiger partial charge < -0.3 is 9.47 Å². The number of carbonyl (C=O) groups is 2. The molecule has 4 rings (SSSR count). The molecule has 6 unspecified atom stereocenters. The first kappa shape index (κ1) is 11.6. The van der Waals surface area contributed by atoms with Crippen LogP contribution < -0.4 is 0 Å². The minimum atomic E-state index is -0.479. The van der Waals surface area contributed by atoms with Crippen molar-refractivity contribution in [2.24, 2.45) is 17.3 Å². The highest BCUT2D eigenvalue weighted by Crippen LogP contribution is 2.68. The Morgan fingerprint density at radius 3 is 2.84 bits per heavy atom. The van der Waals surface area contributed by atoms with Crippen LogP contribution in [0.3, 0.4) is 0 Å². The normalized spacial score (nSPS) is 55.2. The molecule has 0 aromatic carbocycles. The van der Waals surface area contributed by atoms with Crippen molar-refractivity contribution in [1.29, 1.82) is 0 Å². The summed E-state index contributed by atoms with van der Waals surface area (Å²) in [6.45, 7) is 8.00. The van der Waals surface area contributed by atoms with Crippen LogP contribution in [0.1, 0.15) is 33.1 Å². The molecule has 0 radical (unpaired) electrons. The zero-order chi connectivity index (χ0) is 13.6. The van der Waals surface area contributed by atoms with Gasteiger partial charge in [0.15, 0.2) is 0 Å². The van der Waals surface area contributed by atoms with Gasteiger partial charge in [-0.2, -0.15) is 0 Å². The summed E-state index contributed by atoms with van der Waals surface area (Å²) in [7, 11) is 0. The van der Waals surface area contributed by atoms with Crippen LogP contribution in [0.25, 0.3) is 0 Å². The van der Waals surface area contributed by atoms with E-state index in [1.807, 2.05) is 6.92 Å². The molecule has 4 nitrogen and oxygen atoms in total. The summed E-state index contributed by atoms with van der Waals surface area (Å²) in [6.07, 6.45) is 1.91. The van der Waals surface area contributed by atoms with E-state index in [2.05, 4.69) is 13.5 Å². The summed E-state index contributed by atoms with van der Waals surface area (Å²) in [4.78, 5) is 24.1. The minimum absolute atomic E-state index is 0.0220. The maximum atomic E-state index is 12.4. The molecule has 2 saturated heterocycles. The van der Waals surface area contributed by atoms with E-state index in [1.165, 1.54) is 0 Å². The Morgan fingerprint density at radius 1 is 1.37 bits per heavy atom. The molecule has 2 aliphatic carbocycles. The lowest BCUT2D eigenvalue weighted by Gasteiger charge is -2.33. The number of epoxide rings is 1. The largest absolute Gasteiger partial charge is 0.458 e. The van der Waals surface area contributed by atoms with Gasteiger partial charge in [-0.1, -0.05) is 13.5 Å². The van der Waals surface area contributed by atoms with E-state index in [0.717, 1.165) is 6.42 Å². The van der Waals surface area contributed by atoms with Gasteiger partial charge in [0.2, 0.25) is 0 Å². The molecule has 0 aromatic rings. The van der Waals surface area contributed by atoms with E-state index in [1.54, 1.807) is 0 Å². The second-order valence-electron chi connectivity index (χ2n) is 6.78. The molecule has 6 atom stereocenters. The molecule has 0 amide bonds. The van der Waals surface area contributed by atoms with Crippen LogP contribution in [0, 0.1) is 17.3 Å². The lowest BCUT2D eigenvalue weighted by molar-refractivity contribution is -0.140. The van der Waals surface area contributed by atoms with E-state index in [9.17, 15) is 9.59 Å². The maximum Gasteiger partial charge on any atom is 0.334 e. The van der Waals surface area contributed by atoms with Crippen molar-refractivity contribution in [2.75, 3.05) is 0 Å². The Bertz CT molecular complexity index is 524. The van der Waals surface area contributed by atoms with Gasteiger partial charge in [-0.15, -0.1) is 0 Å². The number of carbonyl (C=O) groups excluding carboxylic acids is 2. The quantitative estimate of drug-likeness (QED) is 0.378. The molecular weight excluding hydrogens is 244 g/mol. The second kappa shape index (κ2) is 3.11. The van der Waals surface area contributed by atoms with Crippen molar-refractivity contribution in [3.63, 3.8) is 0 Å². The Morgan fingerprint density at radius 2 is 2.11 bits per heavy atom. The zero-order valence-electron chi connectivity index (χ0n) is 11.3. The van der Waals surface area contributed by atoms with Gasteiger partial charge >= 0.3 is 5.97 Å². The highest BCUT2D eigenvalue weighted by molar-refractivity contribution is 5.93. The Balaban J connectivity index is 1.79. The molecule has 4 aliphatic rings. The molecule has 102 valence electrons. The van der Waals surface area contributed by atoms with Crippen LogP contribution in [0.2, 0.25) is 0 Å². The fourth-order valence-electron chi connectivity index (χ4n) is 4.84. The SMILES string of the molecule is C=C1C(=O)OC2CC(C)C34OC3CC(=O)C4(C)CC12. The fraction of sp³-hybridized carbons (Fsp3) is 0.733. The molecule has 4 heteroatoms. The third-order valence-electron chi connectivity index (χ3n) is 5.97. The molecule has 2 saturated carbocycles. The molecular formula is C15H18O4. The van der Waals surface area contributed by atoms with Gasteiger partial charge in [-0.3, -0.25) is 4.79 Å². The van der Waals surface area contributed by atoms with Gasteiger partial charge in [0, 0.05) is 17.9 Å². The predicted molar refractivity (Wildman–Crippen MR) is 66.2 cm³/mol. The Kier molecular flexibility index (Phi) is 1.91. The monoisotopic (exact) mass is 262 g/mol. The molecule has 2 aliphatic heterocycles. The molecule has 1 spiro atoms. The van der Waals surface area contributed by atoms with Crippen molar-refractivity contribution in [3.8, 4) is 0 Å². The third kappa shape index (κ3) is 1.11. The summed E-state index contributed by atoms with van der Waals surface area (Å²) < 4.78 is 11.4. The van der Waals surface area contributed by atoms with Crippen LogP contribution in [-0.2, 0) is 19.1 Å². The van der Waals surface area contributed by atoms with E-state index < -0.39 is 5.41 Å². The highest BCUT2D eigenvalue weighted by Gasteiger charge is 2.78. The topological polar surface area (TPSA) is 55.9 Å². The van der Waals surface area contributed by atoms with Crippen molar-refractivity contribution in [1.82, 2.24) is 0 Å². The summed E-state index contributed by atoms with van der Waals surface area (Å²) in [5.74, 6) is 0.206. The second-order valence-corrected chi connectivity index (χ2v) is 6.78. The predicted octanol–water partition coefficient (Wildman–Crippen LogP) is 1.63. The summed E-state index contributed by atoms with van der Waals surface area (Å²) in [5.41, 5.74) is -0.249. The zero-order valence-corrected chi connectivity index (χ0v) is 11.3. The van der Waals surface area contributed by atoms with Crippen LogP contribution in [0.15, 0.2) is 12.2 Å². The maximum absolute atomic E-state index is 12.4. The molecule has 0 bridgehead atoms. The van der Waals surface area contributed by atoms with E-state index in [0.29, 0.717) is 18.4 Å². The van der Waals surface area contributed by atoms with Crippen molar-refractivity contribution >= 4 is 11.8 Å².